The van der Waals surface area contributed by atoms with Gasteiger partial charge in [0.2, 0.25) is 5.91 Å². The van der Waals surface area contributed by atoms with Gasteiger partial charge < -0.3 is 15.0 Å². The van der Waals surface area contributed by atoms with Gasteiger partial charge in [-0.15, -0.1) is 11.3 Å². The second kappa shape index (κ2) is 8.67. The van der Waals surface area contributed by atoms with E-state index in [1.54, 1.807) is 11.3 Å². The first-order valence-electron chi connectivity index (χ1n) is 10.4. The number of hydrogen-bond donors (Lipinski definition) is 1. The van der Waals surface area contributed by atoms with Crippen molar-refractivity contribution in [3.05, 3.63) is 57.8 Å². The summed E-state index contributed by atoms with van der Waals surface area (Å²) in [5, 5.41) is 5.13. The highest BCUT2D eigenvalue weighted by atomic mass is 32.1. The molecule has 1 N–H and O–H groups in total. The number of nitrogens with one attached hydrogen (secondary N) is 1. The number of fused-ring (bicyclic) bond motifs is 1. The molecule has 0 aliphatic carbocycles. The lowest BCUT2D eigenvalue weighted by molar-refractivity contribution is -0.124. The predicted molar refractivity (Wildman–Crippen MR) is 114 cm³/mol. The van der Waals surface area contributed by atoms with Crippen LogP contribution in [-0.2, 0) is 9.53 Å². The molecule has 2 aromatic rings. The molecule has 1 aromatic carbocycles. The third-order valence-corrected chi connectivity index (χ3v) is 6.59. The molecule has 2 aliphatic heterocycles. The minimum atomic E-state index is -0.428. The number of thiophene rings is 1. The van der Waals surface area contributed by atoms with Gasteiger partial charge in [-0.1, -0.05) is 38.1 Å². The van der Waals surface area contributed by atoms with Crippen LogP contribution in [0.15, 0.2) is 41.8 Å². The number of hydrogen-bond acceptors (Lipinski definition) is 4. The van der Waals surface area contributed by atoms with Crippen LogP contribution in [0.2, 0.25) is 0 Å². The maximum atomic E-state index is 13.5. The number of ether oxygens (including phenoxy) is 1. The van der Waals surface area contributed by atoms with E-state index in [0.717, 1.165) is 29.9 Å². The fourth-order valence-electron chi connectivity index (χ4n) is 4.38. The molecule has 0 radical (unpaired) electrons. The molecule has 3 heterocycles. The Balaban J connectivity index is 1.72. The van der Waals surface area contributed by atoms with Crippen molar-refractivity contribution in [2.24, 2.45) is 5.92 Å². The Hall–Kier alpha value is -2.18. The quantitative estimate of drug-likeness (QED) is 0.781. The van der Waals surface area contributed by atoms with Gasteiger partial charge in [-0.25, -0.2) is 0 Å². The SMILES string of the molecule is CC(C)CN1C(=O)c2ccccc2[C@H](C(=O)NC[C@@H]2CCCO2)[C@@H]1c1cccs1. The van der Waals surface area contributed by atoms with Crippen LogP contribution in [0, 0.1) is 5.92 Å². The molecule has 29 heavy (non-hydrogen) atoms. The highest BCUT2D eigenvalue weighted by molar-refractivity contribution is 7.10. The molecular formula is C23H28N2O3S. The Morgan fingerprint density at radius 3 is 2.79 bits per heavy atom. The molecule has 2 amide bonds. The normalized spacial score (nSPS) is 24.0. The van der Waals surface area contributed by atoms with E-state index in [1.807, 2.05) is 46.7 Å². The first-order chi connectivity index (χ1) is 14.1. The summed E-state index contributed by atoms with van der Waals surface area (Å²) in [4.78, 5) is 29.8. The monoisotopic (exact) mass is 412 g/mol. The number of carbonyl (C=O) groups is 2. The largest absolute Gasteiger partial charge is 0.376 e. The highest BCUT2D eigenvalue weighted by Gasteiger charge is 2.44. The standard InChI is InChI=1S/C23H28N2O3S/c1-15(2)14-25-21(19-10-6-12-29-19)20(17-8-3-4-9-18(17)23(25)27)22(26)24-13-16-7-5-11-28-16/h3-4,6,8-10,12,15-16,20-21H,5,7,11,13-14H2,1-2H3,(H,24,26)/t16-,20-,21-/m0/s1. The molecule has 6 heteroatoms. The van der Waals surface area contributed by atoms with Gasteiger partial charge in [0.1, 0.15) is 0 Å². The summed E-state index contributed by atoms with van der Waals surface area (Å²) in [6.45, 7) is 6.11. The summed E-state index contributed by atoms with van der Waals surface area (Å²) in [5.74, 6) is -0.145. The summed E-state index contributed by atoms with van der Waals surface area (Å²) in [5.41, 5.74) is 1.46. The van der Waals surface area contributed by atoms with Gasteiger partial charge in [-0.05, 0) is 41.8 Å². The lowest BCUT2D eigenvalue weighted by atomic mass is 9.81. The number of amides is 2. The van der Waals surface area contributed by atoms with Crippen LogP contribution in [0.1, 0.15) is 59.4 Å². The minimum absolute atomic E-state index is 0.0101. The van der Waals surface area contributed by atoms with Gasteiger partial charge in [0.25, 0.3) is 5.91 Å². The summed E-state index contributed by atoms with van der Waals surface area (Å²) in [7, 11) is 0. The van der Waals surface area contributed by atoms with Crippen molar-refractivity contribution < 1.29 is 14.3 Å². The molecular weight excluding hydrogens is 384 g/mol. The van der Waals surface area contributed by atoms with Gasteiger partial charge in [-0.2, -0.15) is 0 Å². The van der Waals surface area contributed by atoms with Crippen LogP contribution in [-0.4, -0.2) is 42.5 Å². The van der Waals surface area contributed by atoms with Crippen molar-refractivity contribution in [3.8, 4) is 0 Å². The van der Waals surface area contributed by atoms with Gasteiger partial charge >= 0.3 is 0 Å². The highest BCUT2D eigenvalue weighted by Crippen LogP contribution is 2.44. The van der Waals surface area contributed by atoms with Crippen molar-refractivity contribution in [2.45, 2.75) is 44.8 Å². The second-order valence-corrected chi connectivity index (χ2v) is 9.24. The van der Waals surface area contributed by atoms with E-state index >= 15 is 0 Å². The van der Waals surface area contributed by atoms with E-state index in [0.29, 0.717) is 24.6 Å². The smallest absolute Gasteiger partial charge is 0.254 e. The van der Waals surface area contributed by atoms with E-state index < -0.39 is 5.92 Å². The topological polar surface area (TPSA) is 58.6 Å². The fraction of sp³-hybridized carbons (Fsp3) is 0.478. The average Bonchev–Trinajstić information content (AvgIpc) is 3.42. The number of benzene rings is 1. The molecule has 1 aromatic heterocycles. The average molecular weight is 413 g/mol. The van der Waals surface area contributed by atoms with Crippen molar-refractivity contribution >= 4 is 23.2 Å². The van der Waals surface area contributed by atoms with Crippen molar-refractivity contribution in [1.29, 1.82) is 0 Å². The molecule has 0 spiro atoms. The first kappa shape index (κ1) is 20.1. The van der Waals surface area contributed by atoms with Crippen LogP contribution in [0.25, 0.3) is 0 Å². The predicted octanol–water partition coefficient (Wildman–Crippen LogP) is 3.98. The molecule has 4 rings (SSSR count). The van der Waals surface area contributed by atoms with E-state index in [9.17, 15) is 9.59 Å². The Labute approximate surface area is 176 Å². The van der Waals surface area contributed by atoms with Gasteiger partial charge in [0.05, 0.1) is 18.1 Å². The molecule has 154 valence electrons. The summed E-state index contributed by atoms with van der Waals surface area (Å²) < 4.78 is 5.67. The van der Waals surface area contributed by atoms with Crippen LogP contribution >= 0.6 is 11.3 Å². The third-order valence-electron chi connectivity index (χ3n) is 5.65. The minimum Gasteiger partial charge on any atom is -0.376 e. The molecule has 3 atom stereocenters. The molecule has 0 saturated carbocycles. The number of nitrogens with zero attached hydrogens (tertiary/aromatic N) is 1. The van der Waals surface area contributed by atoms with Crippen LogP contribution in [0.3, 0.4) is 0 Å². The fourth-order valence-corrected chi connectivity index (χ4v) is 5.25. The lowest BCUT2D eigenvalue weighted by Crippen LogP contribution is -2.49. The zero-order valence-corrected chi connectivity index (χ0v) is 17.8. The molecule has 2 aliphatic rings. The Morgan fingerprint density at radius 2 is 2.10 bits per heavy atom. The molecule has 0 bridgehead atoms. The van der Waals surface area contributed by atoms with E-state index in [1.165, 1.54) is 0 Å². The van der Waals surface area contributed by atoms with Gasteiger partial charge in [-0.3, -0.25) is 9.59 Å². The Morgan fingerprint density at radius 1 is 1.28 bits per heavy atom. The Kier molecular flexibility index (Phi) is 6.01. The summed E-state index contributed by atoms with van der Waals surface area (Å²) >= 11 is 1.60. The molecule has 1 fully saturated rings. The number of rotatable bonds is 6. The van der Waals surface area contributed by atoms with Gasteiger partial charge in [0.15, 0.2) is 0 Å². The molecule has 1 saturated heterocycles. The number of carbonyl (C=O) groups excluding carboxylic acids is 2. The van der Waals surface area contributed by atoms with E-state index in [-0.39, 0.29) is 24.0 Å². The maximum absolute atomic E-state index is 13.5. The zero-order valence-electron chi connectivity index (χ0n) is 17.0. The second-order valence-electron chi connectivity index (χ2n) is 8.26. The zero-order chi connectivity index (χ0) is 20.4. The van der Waals surface area contributed by atoms with Crippen molar-refractivity contribution in [2.75, 3.05) is 19.7 Å². The van der Waals surface area contributed by atoms with Gasteiger partial charge in [0, 0.05) is 30.1 Å². The summed E-state index contributed by atoms with van der Waals surface area (Å²) in [6, 6.07) is 11.3. The Bertz CT molecular complexity index is 859. The van der Waals surface area contributed by atoms with E-state index in [2.05, 4.69) is 19.2 Å². The maximum Gasteiger partial charge on any atom is 0.254 e. The first-order valence-corrected chi connectivity index (χ1v) is 11.3. The van der Waals surface area contributed by atoms with Crippen LogP contribution in [0.4, 0.5) is 0 Å². The van der Waals surface area contributed by atoms with Crippen LogP contribution < -0.4 is 5.32 Å². The van der Waals surface area contributed by atoms with Crippen molar-refractivity contribution in [3.63, 3.8) is 0 Å². The van der Waals surface area contributed by atoms with Crippen molar-refractivity contribution in [1.82, 2.24) is 10.2 Å². The lowest BCUT2D eigenvalue weighted by Gasteiger charge is -2.42. The molecule has 0 unspecified atom stereocenters. The third kappa shape index (κ3) is 4.09. The molecule has 5 nitrogen and oxygen atoms in total. The summed E-state index contributed by atoms with van der Waals surface area (Å²) in [6.07, 6.45) is 2.11. The van der Waals surface area contributed by atoms with Crippen LogP contribution in [0.5, 0.6) is 0 Å². The van der Waals surface area contributed by atoms with E-state index in [4.69, 9.17) is 4.74 Å².